The largest absolute Gasteiger partial charge is 0.393 e. The van der Waals surface area contributed by atoms with Crippen molar-refractivity contribution in [2.24, 2.45) is 5.92 Å². The van der Waals surface area contributed by atoms with E-state index in [1.807, 2.05) is 24.6 Å². The number of aromatic nitrogens is 2. The second kappa shape index (κ2) is 7.01. The Morgan fingerprint density at radius 3 is 2.83 bits per heavy atom. The van der Waals surface area contributed by atoms with Gasteiger partial charge in [-0.15, -0.1) is 0 Å². The Morgan fingerprint density at radius 2 is 2.22 bits per heavy atom. The van der Waals surface area contributed by atoms with E-state index in [0.717, 1.165) is 37.4 Å². The SMILES string of the molecule is Cc1cc(NC(=O)CN2CCCC(C(C)O)C2)n(C(C)(C)C)n1. The summed E-state index contributed by atoms with van der Waals surface area (Å²) in [4.78, 5) is 14.5. The van der Waals surface area contributed by atoms with Crippen LogP contribution in [0.2, 0.25) is 0 Å². The van der Waals surface area contributed by atoms with E-state index in [0.29, 0.717) is 6.54 Å². The van der Waals surface area contributed by atoms with Crippen LogP contribution in [0.25, 0.3) is 0 Å². The zero-order valence-electron chi connectivity index (χ0n) is 15.0. The van der Waals surface area contributed by atoms with Gasteiger partial charge >= 0.3 is 0 Å². The number of nitrogens with zero attached hydrogens (tertiary/aromatic N) is 3. The van der Waals surface area contributed by atoms with Crippen LogP contribution in [0.15, 0.2) is 6.07 Å². The van der Waals surface area contributed by atoms with Gasteiger partial charge in [0.15, 0.2) is 0 Å². The number of hydrogen-bond donors (Lipinski definition) is 2. The average molecular weight is 322 g/mol. The van der Waals surface area contributed by atoms with E-state index in [2.05, 4.69) is 36.1 Å². The molecule has 2 atom stereocenters. The topological polar surface area (TPSA) is 70.4 Å². The smallest absolute Gasteiger partial charge is 0.239 e. The normalized spacial score (nSPS) is 21.2. The van der Waals surface area contributed by atoms with Crippen molar-refractivity contribution in [2.75, 3.05) is 25.0 Å². The van der Waals surface area contributed by atoms with Gasteiger partial charge in [-0.1, -0.05) is 0 Å². The summed E-state index contributed by atoms with van der Waals surface area (Å²) in [6.07, 6.45) is 1.75. The minimum atomic E-state index is -0.314. The number of amides is 1. The van der Waals surface area contributed by atoms with Crippen molar-refractivity contribution in [3.05, 3.63) is 11.8 Å². The third-order valence-electron chi connectivity index (χ3n) is 4.33. The fourth-order valence-electron chi connectivity index (χ4n) is 3.11. The van der Waals surface area contributed by atoms with Crippen molar-refractivity contribution in [2.45, 2.75) is 59.1 Å². The number of aliphatic hydroxyl groups excluding tert-OH is 1. The maximum Gasteiger partial charge on any atom is 0.239 e. The number of piperidine rings is 1. The zero-order chi connectivity index (χ0) is 17.2. The van der Waals surface area contributed by atoms with Crippen LogP contribution in [0, 0.1) is 12.8 Å². The van der Waals surface area contributed by atoms with Crippen molar-refractivity contribution >= 4 is 11.7 Å². The highest BCUT2D eigenvalue weighted by Gasteiger charge is 2.25. The zero-order valence-corrected chi connectivity index (χ0v) is 15.0. The molecule has 1 amide bonds. The highest BCUT2D eigenvalue weighted by molar-refractivity contribution is 5.91. The van der Waals surface area contributed by atoms with Crippen LogP contribution in [0.5, 0.6) is 0 Å². The Morgan fingerprint density at radius 1 is 1.52 bits per heavy atom. The molecule has 0 aliphatic carbocycles. The lowest BCUT2D eigenvalue weighted by Gasteiger charge is -2.33. The first-order valence-corrected chi connectivity index (χ1v) is 8.44. The highest BCUT2D eigenvalue weighted by atomic mass is 16.3. The molecule has 2 unspecified atom stereocenters. The molecule has 1 aromatic heterocycles. The van der Waals surface area contributed by atoms with Crippen molar-refractivity contribution in [1.29, 1.82) is 0 Å². The first kappa shape index (κ1) is 17.9. The molecule has 0 bridgehead atoms. The van der Waals surface area contributed by atoms with Crippen LogP contribution in [0.3, 0.4) is 0 Å². The second-order valence-corrected chi connectivity index (χ2v) is 7.68. The number of rotatable bonds is 4. The molecule has 0 radical (unpaired) electrons. The number of anilines is 1. The third-order valence-corrected chi connectivity index (χ3v) is 4.33. The van der Waals surface area contributed by atoms with Crippen LogP contribution in [-0.4, -0.2) is 51.4 Å². The predicted molar refractivity (Wildman–Crippen MR) is 91.4 cm³/mol. The Kier molecular flexibility index (Phi) is 5.47. The summed E-state index contributed by atoms with van der Waals surface area (Å²) in [6.45, 7) is 12.0. The molecule has 1 aliphatic rings. The minimum absolute atomic E-state index is 0.0263. The van der Waals surface area contributed by atoms with E-state index in [1.54, 1.807) is 0 Å². The van der Waals surface area contributed by atoms with Gasteiger partial charge in [-0.2, -0.15) is 5.10 Å². The Labute approximate surface area is 138 Å². The van der Waals surface area contributed by atoms with Crippen molar-refractivity contribution in [3.63, 3.8) is 0 Å². The summed E-state index contributed by atoms with van der Waals surface area (Å²) in [7, 11) is 0. The van der Waals surface area contributed by atoms with E-state index >= 15 is 0 Å². The first-order chi connectivity index (χ1) is 10.7. The predicted octanol–water partition coefficient (Wildman–Crippen LogP) is 1.98. The molecule has 1 saturated heterocycles. The lowest BCUT2D eigenvalue weighted by Crippen LogP contribution is -2.43. The molecule has 2 N–H and O–H groups in total. The van der Waals surface area contributed by atoms with E-state index < -0.39 is 0 Å². The van der Waals surface area contributed by atoms with Crippen LogP contribution >= 0.6 is 0 Å². The number of likely N-dealkylation sites (tertiary alicyclic amines) is 1. The van der Waals surface area contributed by atoms with Gasteiger partial charge < -0.3 is 10.4 Å². The van der Waals surface area contributed by atoms with Gasteiger partial charge in [0.05, 0.1) is 23.9 Å². The summed E-state index contributed by atoms with van der Waals surface area (Å²) in [5.74, 6) is 0.977. The monoisotopic (exact) mass is 322 g/mol. The summed E-state index contributed by atoms with van der Waals surface area (Å²) in [5, 5.41) is 17.2. The summed E-state index contributed by atoms with van der Waals surface area (Å²) in [5.41, 5.74) is 0.710. The number of carbonyl (C=O) groups is 1. The molecule has 2 heterocycles. The van der Waals surface area contributed by atoms with Crippen molar-refractivity contribution in [3.8, 4) is 0 Å². The van der Waals surface area contributed by atoms with Crippen molar-refractivity contribution in [1.82, 2.24) is 14.7 Å². The van der Waals surface area contributed by atoms with Crippen LogP contribution in [-0.2, 0) is 10.3 Å². The summed E-state index contributed by atoms with van der Waals surface area (Å²) in [6, 6.07) is 1.90. The number of hydrogen-bond acceptors (Lipinski definition) is 4. The second-order valence-electron chi connectivity index (χ2n) is 7.68. The van der Waals surface area contributed by atoms with E-state index in [1.165, 1.54) is 0 Å². The molecule has 0 saturated carbocycles. The maximum atomic E-state index is 12.4. The summed E-state index contributed by atoms with van der Waals surface area (Å²) >= 11 is 0. The Bertz CT molecular complexity index is 545. The van der Waals surface area contributed by atoms with E-state index in [-0.39, 0.29) is 23.5 Å². The average Bonchev–Trinajstić information content (AvgIpc) is 2.79. The molecule has 1 fully saturated rings. The van der Waals surface area contributed by atoms with E-state index in [9.17, 15) is 9.90 Å². The van der Waals surface area contributed by atoms with Gasteiger partial charge in [0.2, 0.25) is 5.91 Å². The van der Waals surface area contributed by atoms with Gasteiger partial charge in [0.25, 0.3) is 0 Å². The summed E-state index contributed by atoms with van der Waals surface area (Å²) < 4.78 is 1.86. The number of carbonyl (C=O) groups excluding carboxylic acids is 1. The van der Waals surface area contributed by atoms with Gasteiger partial charge in [0.1, 0.15) is 5.82 Å². The lowest BCUT2D eigenvalue weighted by molar-refractivity contribution is -0.118. The number of aryl methyl sites for hydroxylation is 1. The quantitative estimate of drug-likeness (QED) is 0.889. The fourth-order valence-corrected chi connectivity index (χ4v) is 3.11. The first-order valence-electron chi connectivity index (χ1n) is 8.44. The molecule has 0 aromatic carbocycles. The minimum Gasteiger partial charge on any atom is -0.393 e. The van der Waals surface area contributed by atoms with E-state index in [4.69, 9.17) is 0 Å². The van der Waals surface area contributed by atoms with Gasteiger partial charge in [-0.05, 0) is 59.9 Å². The molecular formula is C17H30N4O2. The van der Waals surface area contributed by atoms with Crippen LogP contribution in [0.4, 0.5) is 5.82 Å². The maximum absolute atomic E-state index is 12.4. The molecule has 2 rings (SSSR count). The molecule has 23 heavy (non-hydrogen) atoms. The van der Waals surface area contributed by atoms with Crippen molar-refractivity contribution < 1.29 is 9.90 Å². The molecule has 1 aromatic rings. The molecule has 1 aliphatic heterocycles. The lowest BCUT2D eigenvalue weighted by atomic mass is 9.93. The van der Waals surface area contributed by atoms with Gasteiger partial charge in [0, 0.05) is 12.6 Å². The van der Waals surface area contributed by atoms with Gasteiger partial charge in [-0.25, -0.2) is 4.68 Å². The number of aliphatic hydroxyl groups is 1. The standard InChI is InChI=1S/C17H30N4O2/c1-12-9-15(21(19-12)17(3,4)5)18-16(23)11-20-8-6-7-14(10-20)13(2)22/h9,13-14,22H,6-8,10-11H2,1-5H3,(H,18,23). The highest BCUT2D eigenvalue weighted by Crippen LogP contribution is 2.22. The fraction of sp³-hybridized carbons (Fsp3) is 0.765. The molecular weight excluding hydrogens is 292 g/mol. The Balaban J connectivity index is 1.98. The van der Waals surface area contributed by atoms with Crippen LogP contribution in [0.1, 0.15) is 46.2 Å². The molecule has 6 heteroatoms. The number of nitrogens with one attached hydrogen (secondary N) is 1. The van der Waals surface area contributed by atoms with Crippen LogP contribution < -0.4 is 5.32 Å². The molecule has 130 valence electrons. The molecule has 0 spiro atoms. The van der Waals surface area contributed by atoms with Gasteiger partial charge in [-0.3, -0.25) is 9.69 Å². The molecule has 6 nitrogen and oxygen atoms in total. The third kappa shape index (κ3) is 4.78. The Hall–Kier alpha value is -1.40.